The van der Waals surface area contributed by atoms with Gasteiger partial charge in [0.05, 0.1) is 11.4 Å². The molecule has 0 radical (unpaired) electrons. The van der Waals surface area contributed by atoms with E-state index in [2.05, 4.69) is 41.8 Å². The number of hydrogen-bond acceptors (Lipinski definition) is 4. The van der Waals surface area contributed by atoms with Gasteiger partial charge in [0.1, 0.15) is 6.04 Å². The molecule has 5 nitrogen and oxygen atoms in total. The molecule has 37 heavy (non-hydrogen) atoms. The third kappa shape index (κ3) is 8.82. The Balaban J connectivity index is 0.000000405. The Kier molecular flexibility index (Phi) is 10.2. The molecule has 0 heterocycles. The average molecular weight is 492 g/mol. The molecule has 0 aliphatic rings. The molecule has 4 rings (SSSR count). The van der Waals surface area contributed by atoms with Crippen LogP contribution in [0.3, 0.4) is 0 Å². The smallest absolute Gasteiger partial charge is 0.248 e. The van der Waals surface area contributed by atoms with Gasteiger partial charge in [0.15, 0.2) is 5.78 Å². The Hall–Kier alpha value is -4.64. The van der Waals surface area contributed by atoms with Gasteiger partial charge in [-0.25, -0.2) is 0 Å². The standard InChI is InChI=1S/C24H23N3O2.C8H10/c1-17(28)24(26-20-7-3-2-4-8-20)19-14-11-18(12-15-19)13-16-23(29)27-22-10-6-5-9-21(22)25;1-2-8-6-4-3-5-7-8/h2-16,24,26H,25H2,1H3,(H,27,29);3-7H,2H2,1H3/b16-13+;. The van der Waals surface area contributed by atoms with Crippen LogP contribution in [0.25, 0.3) is 6.08 Å². The molecule has 1 amide bonds. The topological polar surface area (TPSA) is 84.2 Å². The van der Waals surface area contributed by atoms with Crippen molar-refractivity contribution < 1.29 is 9.59 Å². The number of Topliss-reactive ketones (excluding diaryl/α,β-unsaturated/α-hetero) is 1. The molecular formula is C32H33N3O2. The Morgan fingerprint density at radius 3 is 1.97 bits per heavy atom. The lowest BCUT2D eigenvalue weighted by molar-refractivity contribution is -0.117. The van der Waals surface area contributed by atoms with Gasteiger partial charge < -0.3 is 16.4 Å². The van der Waals surface area contributed by atoms with Crippen LogP contribution in [0.15, 0.2) is 115 Å². The summed E-state index contributed by atoms with van der Waals surface area (Å²) in [5.41, 5.74) is 10.9. The summed E-state index contributed by atoms with van der Waals surface area (Å²) in [6.45, 7) is 3.73. The lowest BCUT2D eigenvalue weighted by Crippen LogP contribution is -2.18. The number of rotatable bonds is 8. The van der Waals surface area contributed by atoms with Crippen molar-refractivity contribution in [2.45, 2.75) is 26.3 Å². The summed E-state index contributed by atoms with van der Waals surface area (Å²) in [6, 6.07) is 34.2. The second-order valence-corrected chi connectivity index (χ2v) is 8.47. The summed E-state index contributed by atoms with van der Waals surface area (Å²) in [6.07, 6.45) is 4.30. The van der Waals surface area contributed by atoms with Crippen LogP contribution in [0.5, 0.6) is 0 Å². The summed E-state index contributed by atoms with van der Waals surface area (Å²) in [5, 5.41) is 6.00. The number of carbonyl (C=O) groups is 2. The maximum Gasteiger partial charge on any atom is 0.248 e. The fraction of sp³-hybridized carbons (Fsp3) is 0.125. The fourth-order valence-electron chi connectivity index (χ4n) is 3.59. The van der Waals surface area contributed by atoms with Gasteiger partial charge in [-0.2, -0.15) is 0 Å². The molecule has 0 fully saturated rings. The maximum atomic E-state index is 12.1. The van der Waals surface area contributed by atoms with Crippen LogP contribution in [-0.2, 0) is 16.0 Å². The van der Waals surface area contributed by atoms with Crippen molar-refractivity contribution in [1.29, 1.82) is 0 Å². The van der Waals surface area contributed by atoms with Gasteiger partial charge in [-0.3, -0.25) is 9.59 Å². The summed E-state index contributed by atoms with van der Waals surface area (Å²) >= 11 is 0. The quantitative estimate of drug-likeness (QED) is 0.185. The molecule has 0 saturated carbocycles. The van der Waals surface area contributed by atoms with E-state index in [4.69, 9.17) is 5.73 Å². The van der Waals surface area contributed by atoms with E-state index in [0.29, 0.717) is 11.4 Å². The van der Waals surface area contributed by atoms with E-state index in [1.54, 1.807) is 25.1 Å². The minimum absolute atomic E-state index is 0.0250. The highest BCUT2D eigenvalue weighted by atomic mass is 16.1. The summed E-state index contributed by atoms with van der Waals surface area (Å²) in [5.74, 6) is -0.240. The molecule has 0 saturated heterocycles. The number of ketones is 1. The van der Waals surface area contributed by atoms with Crippen molar-refractivity contribution in [3.8, 4) is 0 Å². The van der Waals surface area contributed by atoms with Crippen LogP contribution in [-0.4, -0.2) is 11.7 Å². The molecule has 0 bridgehead atoms. The number of para-hydroxylation sites is 3. The highest BCUT2D eigenvalue weighted by Crippen LogP contribution is 2.21. The predicted molar refractivity (Wildman–Crippen MR) is 154 cm³/mol. The summed E-state index contributed by atoms with van der Waals surface area (Å²) in [4.78, 5) is 24.2. The Morgan fingerprint density at radius 2 is 1.41 bits per heavy atom. The van der Waals surface area contributed by atoms with Crippen molar-refractivity contribution >= 4 is 34.8 Å². The zero-order chi connectivity index (χ0) is 26.5. The largest absolute Gasteiger partial charge is 0.397 e. The zero-order valence-corrected chi connectivity index (χ0v) is 21.2. The van der Waals surface area contributed by atoms with Crippen molar-refractivity contribution in [3.63, 3.8) is 0 Å². The van der Waals surface area contributed by atoms with Crippen molar-refractivity contribution in [3.05, 3.63) is 132 Å². The van der Waals surface area contributed by atoms with Crippen LogP contribution in [0, 0.1) is 0 Å². The number of aryl methyl sites for hydroxylation is 1. The molecule has 1 unspecified atom stereocenters. The second kappa shape index (κ2) is 14.0. The van der Waals surface area contributed by atoms with Gasteiger partial charge in [-0.1, -0.05) is 91.9 Å². The number of hydrogen-bond donors (Lipinski definition) is 3. The third-order valence-corrected chi connectivity index (χ3v) is 5.66. The molecule has 4 aromatic rings. The van der Waals surface area contributed by atoms with Gasteiger partial charge >= 0.3 is 0 Å². The third-order valence-electron chi connectivity index (χ3n) is 5.66. The molecule has 4 aromatic carbocycles. The van der Waals surface area contributed by atoms with E-state index >= 15 is 0 Å². The number of benzene rings is 4. The number of nitrogen functional groups attached to an aromatic ring is 1. The van der Waals surface area contributed by atoms with Crippen molar-refractivity contribution in [2.75, 3.05) is 16.4 Å². The van der Waals surface area contributed by atoms with E-state index < -0.39 is 6.04 Å². The molecule has 5 heteroatoms. The lowest BCUT2D eigenvalue weighted by atomic mass is 10.0. The molecule has 0 aliphatic carbocycles. The molecule has 1 atom stereocenters. The normalized spacial score (nSPS) is 11.2. The van der Waals surface area contributed by atoms with E-state index in [-0.39, 0.29) is 11.7 Å². The van der Waals surface area contributed by atoms with Gasteiger partial charge in [-0.15, -0.1) is 0 Å². The highest BCUT2D eigenvalue weighted by molar-refractivity contribution is 6.03. The predicted octanol–water partition coefficient (Wildman–Crippen LogP) is 6.91. The van der Waals surface area contributed by atoms with Crippen molar-refractivity contribution in [2.24, 2.45) is 0 Å². The minimum atomic E-state index is -0.431. The summed E-state index contributed by atoms with van der Waals surface area (Å²) in [7, 11) is 0. The number of nitrogens with two attached hydrogens (primary N) is 1. The van der Waals surface area contributed by atoms with Crippen LogP contribution in [0.2, 0.25) is 0 Å². The first kappa shape index (κ1) is 27.0. The first-order valence-corrected chi connectivity index (χ1v) is 12.3. The first-order valence-electron chi connectivity index (χ1n) is 12.3. The zero-order valence-electron chi connectivity index (χ0n) is 21.2. The van der Waals surface area contributed by atoms with Crippen LogP contribution in [0.1, 0.15) is 36.6 Å². The Labute approximate surface area is 219 Å². The summed E-state index contributed by atoms with van der Waals surface area (Å²) < 4.78 is 0. The van der Waals surface area contributed by atoms with Crippen LogP contribution in [0.4, 0.5) is 17.1 Å². The second-order valence-electron chi connectivity index (χ2n) is 8.47. The van der Waals surface area contributed by atoms with Gasteiger partial charge in [0, 0.05) is 11.8 Å². The van der Waals surface area contributed by atoms with E-state index in [1.807, 2.05) is 72.8 Å². The van der Waals surface area contributed by atoms with Gasteiger partial charge in [0.2, 0.25) is 5.91 Å². The van der Waals surface area contributed by atoms with Gasteiger partial charge in [-0.05, 0) is 60.4 Å². The monoisotopic (exact) mass is 491 g/mol. The number of amides is 1. The molecule has 0 spiro atoms. The van der Waals surface area contributed by atoms with Crippen LogP contribution < -0.4 is 16.4 Å². The van der Waals surface area contributed by atoms with E-state index in [1.165, 1.54) is 11.6 Å². The minimum Gasteiger partial charge on any atom is -0.397 e. The lowest BCUT2D eigenvalue weighted by Gasteiger charge is -2.17. The Morgan fingerprint density at radius 1 is 0.811 bits per heavy atom. The number of nitrogens with one attached hydrogen (secondary N) is 2. The van der Waals surface area contributed by atoms with E-state index in [0.717, 1.165) is 23.2 Å². The first-order chi connectivity index (χ1) is 18.0. The van der Waals surface area contributed by atoms with E-state index in [9.17, 15) is 9.59 Å². The SMILES string of the molecule is CC(=O)C(Nc1ccccc1)c1ccc(/C=C/C(=O)Nc2ccccc2N)cc1.CCc1ccccc1. The molecule has 0 aliphatic heterocycles. The Bertz CT molecular complexity index is 1300. The number of carbonyl (C=O) groups excluding carboxylic acids is 2. The molecular weight excluding hydrogens is 458 g/mol. The van der Waals surface area contributed by atoms with Gasteiger partial charge in [0.25, 0.3) is 0 Å². The average Bonchev–Trinajstić information content (AvgIpc) is 2.93. The van der Waals surface area contributed by atoms with Crippen molar-refractivity contribution in [1.82, 2.24) is 0 Å². The molecule has 0 aromatic heterocycles. The highest BCUT2D eigenvalue weighted by Gasteiger charge is 2.16. The van der Waals surface area contributed by atoms with Crippen LogP contribution >= 0.6 is 0 Å². The number of anilines is 3. The molecule has 4 N–H and O–H groups in total. The fourth-order valence-corrected chi connectivity index (χ4v) is 3.59. The molecule has 188 valence electrons. The maximum absolute atomic E-state index is 12.1.